The van der Waals surface area contributed by atoms with Crippen molar-refractivity contribution < 1.29 is 42.8 Å². The summed E-state index contributed by atoms with van der Waals surface area (Å²) in [7, 11) is 1.61. The van der Waals surface area contributed by atoms with Crippen LogP contribution in [0.2, 0.25) is 0 Å². The van der Waals surface area contributed by atoms with E-state index >= 15 is 0 Å². The fourth-order valence-corrected chi connectivity index (χ4v) is 6.67. The Bertz CT molecular complexity index is 1540. The number of hydrogen-bond acceptors (Lipinski definition) is 8. The zero-order valence-electron chi connectivity index (χ0n) is 27.3. The summed E-state index contributed by atoms with van der Waals surface area (Å²) in [5.41, 5.74) is 4.45. The number of likely N-dealkylation sites (tertiary alicyclic amines) is 1. The lowest BCUT2D eigenvalue weighted by Crippen LogP contribution is -2.35. The molecule has 0 bridgehead atoms. The highest BCUT2D eigenvalue weighted by Gasteiger charge is 2.48. The minimum absolute atomic E-state index is 0.0602. The Morgan fingerprint density at radius 2 is 1.70 bits per heavy atom. The number of aliphatic carboxylic acids is 1. The molecule has 47 heavy (non-hydrogen) atoms. The van der Waals surface area contributed by atoms with Gasteiger partial charge in [-0.05, 0) is 77.9 Å². The molecule has 1 saturated heterocycles. The van der Waals surface area contributed by atoms with Crippen molar-refractivity contribution in [3.8, 4) is 17.2 Å². The van der Waals surface area contributed by atoms with E-state index in [1.807, 2.05) is 49.9 Å². The van der Waals surface area contributed by atoms with Gasteiger partial charge in [0.15, 0.2) is 11.5 Å². The van der Waals surface area contributed by atoms with Crippen LogP contribution >= 0.6 is 0 Å². The van der Waals surface area contributed by atoms with Gasteiger partial charge >= 0.3 is 5.97 Å². The number of hydrogen-bond donors (Lipinski definition) is 2. The quantitative estimate of drug-likeness (QED) is 0.206. The zero-order valence-corrected chi connectivity index (χ0v) is 27.3. The number of carbonyl (C=O) groups is 2. The fraction of sp³-hybridized carbons (Fsp3) is 0.444. The fourth-order valence-electron chi connectivity index (χ4n) is 6.67. The normalized spacial score (nSPS) is 18.8. The van der Waals surface area contributed by atoms with Crippen molar-refractivity contribution in [2.75, 3.05) is 58.7 Å². The number of fused-ring (bicyclic) bond motifs is 1. The van der Waals surface area contributed by atoms with Crippen LogP contribution < -0.4 is 19.5 Å². The first-order valence-corrected chi connectivity index (χ1v) is 16.0. The highest BCUT2D eigenvalue weighted by molar-refractivity contribution is 5.94. The molecule has 252 valence electrons. The number of carboxylic acid groups (broad SMARTS) is 1. The minimum atomic E-state index is -0.964. The van der Waals surface area contributed by atoms with Gasteiger partial charge in [0.05, 0.1) is 32.3 Å². The van der Waals surface area contributed by atoms with Crippen LogP contribution in [0.1, 0.15) is 53.6 Å². The van der Waals surface area contributed by atoms with Gasteiger partial charge in [-0.2, -0.15) is 0 Å². The van der Waals surface area contributed by atoms with Crippen molar-refractivity contribution in [3.63, 3.8) is 0 Å². The second-order valence-corrected chi connectivity index (χ2v) is 11.7. The number of benzene rings is 3. The van der Waals surface area contributed by atoms with Gasteiger partial charge in [0.25, 0.3) is 0 Å². The van der Waals surface area contributed by atoms with Gasteiger partial charge in [0.2, 0.25) is 12.7 Å². The maximum atomic E-state index is 14.3. The van der Waals surface area contributed by atoms with E-state index in [1.165, 1.54) is 12.1 Å². The van der Waals surface area contributed by atoms with Crippen molar-refractivity contribution in [1.82, 2.24) is 4.90 Å². The van der Waals surface area contributed by atoms with Gasteiger partial charge < -0.3 is 34.1 Å². The Morgan fingerprint density at radius 3 is 2.36 bits per heavy atom. The van der Waals surface area contributed by atoms with Crippen LogP contribution in [0.5, 0.6) is 17.2 Å². The first kappa shape index (κ1) is 34.2. The Kier molecular flexibility index (Phi) is 11.3. The molecule has 0 saturated carbocycles. The third-order valence-corrected chi connectivity index (χ3v) is 8.90. The molecule has 10 nitrogen and oxygen atoms in total. The van der Waals surface area contributed by atoms with Crippen LogP contribution in [0.3, 0.4) is 0 Å². The summed E-state index contributed by atoms with van der Waals surface area (Å²) in [6, 6.07) is 13.3. The molecule has 2 heterocycles. The van der Waals surface area contributed by atoms with E-state index in [0.717, 1.165) is 16.7 Å². The molecule has 2 N–H and O–H groups in total. The topological polar surface area (TPSA) is 116 Å². The van der Waals surface area contributed by atoms with Gasteiger partial charge in [0.1, 0.15) is 18.2 Å². The largest absolute Gasteiger partial charge is 0.491 e. The van der Waals surface area contributed by atoms with E-state index in [-0.39, 0.29) is 25.1 Å². The monoisotopic (exact) mass is 650 g/mol. The molecule has 1 unspecified atom stereocenters. The van der Waals surface area contributed by atoms with E-state index in [2.05, 4.69) is 5.32 Å². The van der Waals surface area contributed by atoms with Crippen molar-refractivity contribution in [2.24, 2.45) is 5.92 Å². The minimum Gasteiger partial charge on any atom is -0.491 e. The number of carboxylic acids is 1. The van der Waals surface area contributed by atoms with E-state index in [4.69, 9.17) is 23.7 Å². The van der Waals surface area contributed by atoms with Crippen LogP contribution in [0.15, 0.2) is 48.5 Å². The lowest BCUT2D eigenvalue weighted by atomic mass is 9.81. The Hall–Kier alpha value is -4.19. The molecule has 3 atom stereocenters. The van der Waals surface area contributed by atoms with Crippen molar-refractivity contribution in [2.45, 2.75) is 45.6 Å². The van der Waals surface area contributed by atoms with Crippen LogP contribution in [-0.2, 0) is 31.9 Å². The lowest BCUT2D eigenvalue weighted by molar-refractivity contribution is -0.143. The number of amides is 1. The highest BCUT2D eigenvalue weighted by atomic mass is 19.1. The average molecular weight is 651 g/mol. The number of anilines is 1. The van der Waals surface area contributed by atoms with Gasteiger partial charge in [0, 0.05) is 31.3 Å². The SMILES string of the molecule is CCc1cc(F)cc(CC)c1NC(=O)CN1C[C@H](c2ccc3c(c2C)OCO3)C(C(=O)O)[C@@H]1c1ccc(OCCOCCOC)cc1. The number of carbonyl (C=O) groups excluding carboxylic acids is 1. The molecule has 0 radical (unpaired) electrons. The van der Waals surface area contributed by atoms with E-state index in [9.17, 15) is 19.1 Å². The zero-order chi connectivity index (χ0) is 33.5. The second-order valence-electron chi connectivity index (χ2n) is 11.7. The molecule has 2 aliphatic rings. The number of halogens is 1. The maximum absolute atomic E-state index is 14.3. The first-order valence-electron chi connectivity index (χ1n) is 16.0. The van der Waals surface area contributed by atoms with Crippen LogP contribution in [0.4, 0.5) is 10.1 Å². The third kappa shape index (κ3) is 7.69. The smallest absolute Gasteiger partial charge is 0.309 e. The summed E-state index contributed by atoms with van der Waals surface area (Å²) in [4.78, 5) is 28.7. The number of rotatable bonds is 15. The van der Waals surface area contributed by atoms with Crippen LogP contribution in [-0.4, -0.2) is 75.3 Å². The van der Waals surface area contributed by atoms with Crippen molar-refractivity contribution >= 4 is 17.6 Å². The van der Waals surface area contributed by atoms with Crippen LogP contribution in [0, 0.1) is 18.7 Å². The number of nitrogens with one attached hydrogen (secondary N) is 1. The maximum Gasteiger partial charge on any atom is 0.309 e. The number of nitrogens with zero attached hydrogens (tertiary/aromatic N) is 1. The van der Waals surface area contributed by atoms with Gasteiger partial charge in [-0.25, -0.2) is 4.39 Å². The third-order valence-electron chi connectivity index (χ3n) is 8.90. The standard InChI is InChI=1S/C36H43FN2O8/c1-5-23-17-26(37)18-24(6-2)33(23)38-31(40)20-39-19-29(28-11-12-30-35(22(28)3)47-21-46-30)32(36(41)42)34(39)25-7-9-27(10-8-25)45-16-15-44-14-13-43-4/h7-12,17-18,29,32,34H,5-6,13-16,19-21H2,1-4H3,(H,38,40)(H,41,42)/t29-,32?,34+/m1/s1. The molecule has 0 spiro atoms. The summed E-state index contributed by atoms with van der Waals surface area (Å²) in [6.45, 7) is 7.84. The summed E-state index contributed by atoms with van der Waals surface area (Å²) < 4.78 is 41.8. The van der Waals surface area contributed by atoms with Crippen molar-refractivity contribution in [1.29, 1.82) is 0 Å². The molecule has 0 aliphatic carbocycles. The molecule has 1 amide bonds. The molecular weight excluding hydrogens is 607 g/mol. The predicted molar refractivity (Wildman–Crippen MR) is 174 cm³/mol. The molecule has 3 aromatic rings. The van der Waals surface area contributed by atoms with Crippen LogP contribution in [0.25, 0.3) is 0 Å². The Labute approximate surface area is 274 Å². The van der Waals surface area contributed by atoms with Gasteiger partial charge in [-0.3, -0.25) is 14.5 Å². The molecule has 11 heteroatoms. The van der Waals surface area contributed by atoms with E-state index < -0.39 is 23.8 Å². The predicted octanol–water partition coefficient (Wildman–Crippen LogP) is 5.51. The molecule has 1 fully saturated rings. The number of ether oxygens (including phenoxy) is 5. The van der Waals surface area contributed by atoms with E-state index in [0.29, 0.717) is 79.9 Å². The lowest BCUT2D eigenvalue weighted by Gasteiger charge is -2.27. The molecule has 3 aromatic carbocycles. The highest BCUT2D eigenvalue weighted by Crippen LogP contribution is 2.49. The summed E-state index contributed by atoms with van der Waals surface area (Å²) in [6.07, 6.45) is 1.10. The summed E-state index contributed by atoms with van der Waals surface area (Å²) in [5.74, 6) is -1.05. The number of aryl methyl sites for hydroxylation is 2. The van der Waals surface area contributed by atoms with Gasteiger partial charge in [-0.1, -0.05) is 32.0 Å². The Balaban J connectivity index is 1.43. The summed E-state index contributed by atoms with van der Waals surface area (Å²) in [5, 5.41) is 13.7. The molecule has 0 aromatic heterocycles. The first-order chi connectivity index (χ1) is 22.7. The van der Waals surface area contributed by atoms with Crippen molar-refractivity contribution in [3.05, 3.63) is 82.2 Å². The molecule has 2 aliphatic heterocycles. The molecular formula is C36H43FN2O8. The van der Waals surface area contributed by atoms with E-state index in [1.54, 1.807) is 19.2 Å². The number of methoxy groups -OCH3 is 1. The van der Waals surface area contributed by atoms with Gasteiger partial charge in [-0.15, -0.1) is 0 Å². The molecule has 5 rings (SSSR count). The summed E-state index contributed by atoms with van der Waals surface area (Å²) >= 11 is 0. The average Bonchev–Trinajstić information content (AvgIpc) is 3.69. The Morgan fingerprint density at radius 1 is 1.00 bits per heavy atom. The second kappa shape index (κ2) is 15.6.